The first kappa shape index (κ1) is 19.1. The molecule has 2 aromatic rings. The summed E-state index contributed by atoms with van der Waals surface area (Å²) in [7, 11) is 0. The maximum atomic E-state index is 14.0. The van der Waals surface area contributed by atoms with Gasteiger partial charge in [0.15, 0.2) is 11.6 Å². The molecule has 0 amide bonds. The van der Waals surface area contributed by atoms with Crippen molar-refractivity contribution in [3.05, 3.63) is 78.9 Å². The quantitative estimate of drug-likeness (QED) is 0.338. The van der Waals surface area contributed by atoms with Crippen LogP contribution in [-0.4, -0.2) is 21.4 Å². The molecule has 1 aliphatic rings. The van der Waals surface area contributed by atoms with Crippen LogP contribution in [0, 0.1) is 43.5 Å². The van der Waals surface area contributed by atoms with Gasteiger partial charge in [0.1, 0.15) is 35.1 Å². The average Bonchev–Trinajstić information content (AvgIpc) is 2.60. The Morgan fingerprint density at radius 2 is 0.893 bits per heavy atom. The van der Waals surface area contributed by atoms with E-state index in [0.29, 0.717) is 24.3 Å². The topological polar surface area (TPSA) is 120 Å². The lowest BCUT2D eigenvalue weighted by Gasteiger charge is -2.32. The Morgan fingerprint density at radius 3 is 1.11 bits per heavy atom. The summed E-state index contributed by atoms with van der Waals surface area (Å²) in [6, 6.07) is 1.22. The van der Waals surface area contributed by atoms with Gasteiger partial charge >= 0.3 is 0 Å². The zero-order chi connectivity index (χ0) is 20.9. The molecule has 1 aliphatic carbocycles. The fraction of sp³-hybridized carbons (Fsp3) is 0.125. The van der Waals surface area contributed by atoms with E-state index in [9.17, 15) is 47.4 Å². The van der Waals surface area contributed by atoms with Crippen molar-refractivity contribution in [3.8, 4) is 0 Å². The number of Topliss-reactive ketones (excluding diaryl/α,β-unsaturated/α-hetero) is 2. The van der Waals surface area contributed by atoms with Crippen LogP contribution in [0.1, 0.15) is 23.0 Å². The van der Waals surface area contributed by atoms with Crippen LogP contribution in [0.3, 0.4) is 0 Å². The fourth-order valence-corrected chi connectivity index (χ4v) is 2.99. The van der Waals surface area contributed by atoms with Gasteiger partial charge in [-0.05, 0) is 0 Å². The zero-order valence-corrected chi connectivity index (χ0v) is 13.3. The highest BCUT2D eigenvalue weighted by molar-refractivity contribution is 6.31. The van der Waals surface area contributed by atoms with Crippen molar-refractivity contribution in [1.82, 2.24) is 0 Å². The van der Waals surface area contributed by atoms with Crippen molar-refractivity contribution < 1.29 is 37.0 Å². The van der Waals surface area contributed by atoms with Crippen LogP contribution in [0.25, 0.3) is 0 Å². The van der Waals surface area contributed by atoms with E-state index in [1.807, 2.05) is 0 Å². The van der Waals surface area contributed by atoms with Crippen LogP contribution in [0.2, 0.25) is 0 Å². The SMILES string of the molecule is O=C1C(c2c(F)cc([N+](=O)[O-])cc2F)C(=O)C1c1c(F)cc([N+](=O)[O-])cc1F. The van der Waals surface area contributed by atoms with Gasteiger partial charge in [-0.25, -0.2) is 17.6 Å². The Labute approximate surface area is 151 Å². The minimum Gasteiger partial charge on any atom is -0.297 e. The third-order valence-corrected chi connectivity index (χ3v) is 4.26. The highest BCUT2D eigenvalue weighted by atomic mass is 19.1. The van der Waals surface area contributed by atoms with E-state index >= 15 is 0 Å². The highest BCUT2D eigenvalue weighted by Gasteiger charge is 2.54. The maximum absolute atomic E-state index is 14.0. The van der Waals surface area contributed by atoms with Crippen LogP contribution in [0.5, 0.6) is 0 Å². The second kappa shape index (κ2) is 6.48. The molecule has 0 unspecified atom stereocenters. The van der Waals surface area contributed by atoms with Crippen molar-refractivity contribution in [1.29, 1.82) is 0 Å². The maximum Gasteiger partial charge on any atom is 0.275 e. The van der Waals surface area contributed by atoms with E-state index in [0.717, 1.165) is 0 Å². The number of non-ortho nitro benzene ring substituents is 2. The molecule has 0 spiro atoms. The molecule has 2 aromatic carbocycles. The number of rotatable bonds is 4. The molecule has 0 bridgehead atoms. The predicted octanol–water partition coefficient (Wildman–Crippen LogP) is 3.08. The lowest BCUT2D eigenvalue weighted by atomic mass is 9.65. The number of carbonyl (C=O) groups is 2. The van der Waals surface area contributed by atoms with E-state index in [4.69, 9.17) is 0 Å². The van der Waals surface area contributed by atoms with Gasteiger partial charge in [0.25, 0.3) is 11.4 Å². The Kier molecular flexibility index (Phi) is 4.41. The lowest BCUT2D eigenvalue weighted by molar-refractivity contribution is -0.385. The third kappa shape index (κ3) is 2.78. The molecule has 0 radical (unpaired) electrons. The van der Waals surface area contributed by atoms with Gasteiger partial charge in [-0.1, -0.05) is 0 Å². The highest BCUT2D eigenvalue weighted by Crippen LogP contribution is 2.45. The van der Waals surface area contributed by atoms with Crippen molar-refractivity contribution in [2.75, 3.05) is 0 Å². The molecule has 0 saturated heterocycles. The standard InChI is InChI=1S/C16H6F4N2O6/c17-7-1-5(21(25)26)2-8(18)11(7)13-15(23)14(16(13)24)12-9(19)3-6(22(27)28)4-10(12)20/h1-4,13-14H. The van der Waals surface area contributed by atoms with Crippen LogP contribution >= 0.6 is 0 Å². The molecule has 0 aliphatic heterocycles. The molecule has 28 heavy (non-hydrogen) atoms. The van der Waals surface area contributed by atoms with E-state index in [1.165, 1.54) is 0 Å². The third-order valence-electron chi connectivity index (χ3n) is 4.26. The Balaban J connectivity index is 2.01. The first-order chi connectivity index (χ1) is 13.0. The lowest BCUT2D eigenvalue weighted by Crippen LogP contribution is -2.46. The van der Waals surface area contributed by atoms with Crippen molar-refractivity contribution in [2.45, 2.75) is 11.8 Å². The Morgan fingerprint density at radius 1 is 0.643 bits per heavy atom. The summed E-state index contributed by atoms with van der Waals surface area (Å²) in [5.74, 6) is -12.7. The van der Waals surface area contributed by atoms with Gasteiger partial charge in [0.2, 0.25) is 0 Å². The Hall–Kier alpha value is -3.70. The smallest absolute Gasteiger partial charge is 0.275 e. The van der Waals surface area contributed by atoms with Gasteiger partial charge in [-0.3, -0.25) is 29.8 Å². The van der Waals surface area contributed by atoms with Crippen LogP contribution in [0.15, 0.2) is 24.3 Å². The minimum absolute atomic E-state index is 0.305. The number of benzene rings is 2. The van der Waals surface area contributed by atoms with Gasteiger partial charge < -0.3 is 0 Å². The second-order valence-corrected chi connectivity index (χ2v) is 5.83. The van der Waals surface area contributed by atoms with E-state index in [-0.39, 0.29) is 0 Å². The molecule has 0 atom stereocenters. The van der Waals surface area contributed by atoms with Crippen molar-refractivity contribution in [3.63, 3.8) is 0 Å². The summed E-state index contributed by atoms with van der Waals surface area (Å²) in [4.78, 5) is 43.5. The normalized spacial score (nSPS) is 18.7. The molecule has 12 heteroatoms. The monoisotopic (exact) mass is 398 g/mol. The molecular weight excluding hydrogens is 392 g/mol. The molecular formula is C16H6F4N2O6. The van der Waals surface area contributed by atoms with Gasteiger partial charge in [-0.2, -0.15) is 0 Å². The second-order valence-electron chi connectivity index (χ2n) is 5.83. The molecule has 3 rings (SSSR count). The first-order valence-electron chi connectivity index (χ1n) is 7.38. The zero-order valence-electron chi connectivity index (χ0n) is 13.3. The van der Waals surface area contributed by atoms with E-state index in [1.54, 1.807) is 0 Å². The summed E-state index contributed by atoms with van der Waals surface area (Å²) in [5, 5.41) is 21.2. The summed E-state index contributed by atoms with van der Waals surface area (Å²) in [6.45, 7) is 0. The minimum atomic E-state index is -2.04. The van der Waals surface area contributed by atoms with Crippen LogP contribution in [0.4, 0.5) is 28.9 Å². The van der Waals surface area contributed by atoms with Gasteiger partial charge in [0.05, 0.1) is 34.1 Å². The number of ketones is 2. The number of halogens is 4. The number of hydrogen-bond acceptors (Lipinski definition) is 6. The molecule has 1 saturated carbocycles. The summed E-state index contributed by atoms with van der Waals surface area (Å²) < 4.78 is 56.2. The number of carbonyl (C=O) groups excluding carboxylic acids is 2. The predicted molar refractivity (Wildman–Crippen MR) is 81.5 cm³/mol. The van der Waals surface area contributed by atoms with Crippen LogP contribution in [-0.2, 0) is 9.59 Å². The fourth-order valence-electron chi connectivity index (χ4n) is 2.99. The average molecular weight is 398 g/mol. The summed E-state index contributed by atoms with van der Waals surface area (Å²) in [5.41, 5.74) is -4.05. The largest absolute Gasteiger partial charge is 0.297 e. The summed E-state index contributed by atoms with van der Waals surface area (Å²) >= 11 is 0. The van der Waals surface area contributed by atoms with Gasteiger partial charge in [-0.15, -0.1) is 0 Å². The molecule has 0 heterocycles. The van der Waals surface area contributed by atoms with E-state index < -0.39 is 79.0 Å². The number of nitro groups is 2. The molecule has 8 nitrogen and oxygen atoms in total. The van der Waals surface area contributed by atoms with Crippen molar-refractivity contribution >= 4 is 22.9 Å². The van der Waals surface area contributed by atoms with Gasteiger partial charge in [0, 0.05) is 11.1 Å². The number of nitro benzene ring substituents is 2. The Bertz CT molecular complexity index is 943. The number of nitrogens with zero attached hydrogens (tertiary/aromatic N) is 2. The molecule has 0 N–H and O–H groups in total. The number of hydrogen-bond donors (Lipinski definition) is 0. The van der Waals surface area contributed by atoms with Crippen LogP contribution < -0.4 is 0 Å². The summed E-state index contributed by atoms with van der Waals surface area (Å²) in [6.07, 6.45) is 0. The molecule has 0 aromatic heterocycles. The van der Waals surface area contributed by atoms with E-state index in [2.05, 4.69) is 0 Å². The molecule has 1 fully saturated rings. The molecule has 144 valence electrons. The van der Waals surface area contributed by atoms with Crippen molar-refractivity contribution in [2.24, 2.45) is 0 Å². The first-order valence-corrected chi connectivity index (χ1v) is 7.38.